The molecule has 0 aliphatic heterocycles. The van der Waals surface area contributed by atoms with E-state index in [2.05, 4.69) is 5.32 Å². The van der Waals surface area contributed by atoms with E-state index in [1.807, 2.05) is 37.3 Å². The number of ether oxygens (including phenoxy) is 1. The van der Waals surface area contributed by atoms with Crippen LogP contribution >= 0.6 is 0 Å². The van der Waals surface area contributed by atoms with Crippen molar-refractivity contribution < 1.29 is 14.3 Å². The van der Waals surface area contributed by atoms with Crippen molar-refractivity contribution in [1.82, 2.24) is 4.90 Å². The molecule has 1 rings (SSSR count). The summed E-state index contributed by atoms with van der Waals surface area (Å²) in [4.78, 5) is 24.9. The van der Waals surface area contributed by atoms with Gasteiger partial charge >= 0.3 is 5.97 Å². The maximum atomic E-state index is 11.8. The summed E-state index contributed by atoms with van der Waals surface area (Å²) in [6.07, 6.45) is 0. The fourth-order valence-electron chi connectivity index (χ4n) is 1.59. The number of carbonyl (C=O) groups is 2. The first kappa shape index (κ1) is 15.2. The monoisotopic (exact) mass is 264 g/mol. The summed E-state index contributed by atoms with van der Waals surface area (Å²) in [7, 11) is 0. The van der Waals surface area contributed by atoms with Crippen molar-refractivity contribution in [3.8, 4) is 0 Å². The third-order valence-electron chi connectivity index (χ3n) is 2.53. The third-order valence-corrected chi connectivity index (χ3v) is 2.53. The average molecular weight is 264 g/mol. The molecule has 0 atom stereocenters. The van der Waals surface area contributed by atoms with Gasteiger partial charge in [-0.1, -0.05) is 25.1 Å². The van der Waals surface area contributed by atoms with Gasteiger partial charge < -0.3 is 10.1 Å². The maximum Gasteiger partial charge on any atom is 0.320 e. The smallest absolute Gasteiger partial charge is 0.320 e. The predicted octanol–water partition coefficient (Wildman–Crippen LogP) is 1.51. The number of rotatable bonds is 7. The Bertz CT molecular complexity index is 406. The highest BCUT2D eigenvalue weighted by atomic mass is 16.5. The Hall–Kier alpha value is -1.88. The summed E-state index contributed by atoms with van der Waals surface area (Å²) in [6, 6.07) is 9.23. The molecule has 1 N–H and O–H groups in total. The van der Waals surface area contributed by atoms with Gasteiger partial charge in [-0.25, -0.2) is 0 Å². The van der Waals surface area contributed by atoms with Crippen LogP contribution in [0.4, 0.5) is 5.69 Å². The van der Waals surface area contributed by atoms with Gasteiger partial charge in [-0.15, -0.1) is 0 Å². The molecule has 5 heteroatoms. The maximum absolute atomic E-state index is 11.8. The number of hydrogen-bond acceptors (Lipinski definition) is 4. The first-order chi connectivity index (χ1) is 9.15. The number of likely N-dealkylation sites (N-methyl/N-ethyl adjacent to an activating group) is 1. The lowest BCUT2D eigenvalue weighted by atomic mass is 10.3. The van der Waals surface area contributed by atoms with Crippen molar-refractivity contribution in [2.75, 3.05) is 31.6 Å². The molecule has 0 radical (unpaired) electrons. The molecule has 0 heterocycles. The lowest BCUT2D eigenvalue weighted by Crippen LogP contribution is -2.37. The van der Waals surface area contributed by atoms with Crippen LogP contribution in [0.5, 0.6) is 0 Å². The molecule has 0 unspecified atom stereocenters. The molecule has 1 aromatic rings. The van der Waals surface area contributed by atoms with E-state index in [9.17, 15) is 9.59 Å². The molecular formula is C14H20N2O3. The molecule has 0 fully saturated rings. The second-order valence-corrected chi connectivity index (χ2v) is 4.02. The molecule has 104 valence electrons. The van der Waals surface area contributed by atoms with E-state index in [-0.39, 0.29) is 25.0 Å². The summed E-state index contributed by atoms with van der Waals surface area (Å²) >= 11 is 0. The Labute approximate surface area is 113 Å². The number of para-hydroxylation sites is 1. The van der Waals surface area contributed by atoms with Crippen molar-refractivity contribution in [2.24, 2.45) is 0 Å². The Morgan fingerprint density at radius 2 is 1.84 bits per heavy atom. The van der Waals surface area contributed by atoms with E-state index < -0.39 is 0 Å². The fraction of sp³-hybridized carbons (Fsp3) is 0.429. The molecule has 0 aliphatic rings. The van der Waals surface area contributed by atoms with Crippen molar-refractivity contribution in [3.63, 3.8) is 0 Å². The number of anilines is 1. The fourth-order valence-corrected chi connectivity index (χ4v) is 1.59. The van der Waals surface area contributed by atoms with E-state index >= 15 is 0 Å². The van der Waals surface area contributed by atoms with Gasteiger partial charge in [-0.05, 0) is 25.6 Å². The normalized spacial score (nSPS) is 10.3. The second kappa shape index (κ2) is 8.26. The van der Waals surface area contributed by atoms with Crippen LogP contribution in [0.25, 0.3) is 0 Å². The minimum absolute atomic E-state index is 0.131. The van der Waals surface area contributed by atoms with Crippen molar-refractivity contribution in [2.45, 2.75) is 13.8 Å². The number of nitrogens with zero attached hydrogens (tertiary/aromatic N) is 1. The van der Waals surface area contributed by atoms with E-state index in [1.165, 1.54) is 0 Å². The zero-order chi connectivity index (χ0) is 14.1. The highest BCUT2D eigenvalue weighted by Gasteiger charge is 2.13. The van der Waals surface area contributed by atoms with Crippen molar-refractivity contribution in [3.05, 3.63) is 30.3 Å². The van der Waals surface area contributed by atoms with E-state index in [0.717, 1.165) is 5.69 Å². The summed E-state index contributed by atoms with van der Waals surface area (Å²) in [6.45, 7) is 4.93. The Morgan fingerprint density at radius 3 is 2.42 bits per heavy atom. The lowest BCUT2D eigenvalue weighted by Gasteiger charge is -2.18. The minimum atomic E-state index is -0.308. The number of esters is 1. The molecule has 1 aromatic carbocycles. The van der Waals surface area contributed by atoms with Crippen molar-refractivity contribution in [1.29, 1.82) is 0 Å². The summed E-state index contributed by atoms with van der Waals surface area (Å²) in [5, 5.41) is 2.78. The van der Waals surface area contributed by atoms with Crippen molar-refractivity contribution >= 4 is 17.6 Å². The average Bonchev–Trinajstić information content (AvgIpc) is 2.39. The molecule has 19 heavy (non-hydrogen) atoms. The summed E-state index contributed by atoms with van der Waals surface area (Å²) < 4.78 is 4.86. The molecule has 5 nitrogen and oxygen atoms in total. The van der Waals surface area contributed by atoms with Gasteiger partial charge in [0.25, 0.3) is 0 Å². The number of carbonyl (C=O) groups excluding carboxylic acids is 2. The van der Waals surface area contributed by atoms with Crippen LogP contribution < -0.4 is 5.32 Å². The number of hydrogen-bond donors (Lipinski definition) is 1. The van der Waals surface area contributed by atoms with Crippen LogP contribution in [0.1, 0.15) is 13.8 Å². The molecular weight excluding hydrogens is 244 g/mol. The third kappa shape index (κ3) is 6.01. The zero-order valence-corrected chi connectivity index (χ0v) is 11.4. The summed E-state index contributed by atoms with van der Waals surface area (Å²) in [5.74, 6) is -0.450. The lowest BCUT2D eigenvalue weighted by molar-refractivity contribution is -0.144. The quantitative estimate of drug-likeness (QED) is 0.758. The predicted molar refractivity (Wildman–Crippen MR) is 73.8 cm³/mol. The Kier molecular flexibility index (Phi) is 6.60. The topological polar surface area (TPSA) is 58.6 Å². The molecule has 0 spiro atoms. The zero-order valence-electron chi connectivity index (χ0n) is 11.4. The van der Waals surface area contributed by atoms with Gasteiger partial charge in [0.05, 0.1) is 19.7 Å². The Morgan fingerprint density at radius 1 is 1.16 bits per heavy atom. The van der Waals surface area contributed by atoms with Gasteiger partial charge in [0.1, 0.15) is 0 Å². The van der Waals surface area contributed by atoms with E-state index in [0.29, 0.717) is 13.2 Å². The minimum Gasteiger partial charge on any atom is -0.465 e. The van der Waals surface area contributed by atoms with Gasteiger partial charge in [0.2, 0.25) is 5.91 Å². The molecule has 1 amide bonds. The van der Waals surface area contributed by atoms with E-state index in [4.69, 9.17) is 4.74 Å². The largest absolute Gasteiger partial charge is 0.465 e. The Balaban J connectivity index is 2.42. The second-order valence-electron chi connectivity index (χ2n) is 4.02. The molecule has 0 aromatic heterocycles. The van der Waals surface area contributed by atoms with Crippen LogP contribution in [0.3, 0.4) is 0 Å². The molecule has 0 saturated heterocycles. The SMILES string of the molecule is CCOC(=O)CN(CC)CC(=O)Nc1ccccc1. The first-order valence-electron chi connectivity index (χ1n) is 6.38. The van der Waals surface area contributed by atoms with Crippen LogP contribution in [-0.2, 0) is 14.3 Å². The highest BCUT2D eigenvalue weighted by molar-refractivity contribution is 5.92. The van der Waals surface area contributed by atoms with Gasteiger partial charge in [0.15, 0.2) is 0 Å². The van der Waals surface area contributed by atoms with Gasteiger partial charge in [-0.3, -0.25) is 14.5 Å². The highest BCUT2D eigenvalue weighted by Crippen LogP contribution is 2.04. The number of nitrogens with one attached hydrogen (secondary N) is 1. The van der Waals surface area contributed by atoms with Gasteiger partial charge in [0, 0.05) is 5.69 Å². The molecule has 0 bridgehead atoms. The standard InChI is InChI=1S/C14H20N2O3/c1-3-16(11-14(18)19-4-2)10-13(17)15-12-8-6-5-7-9-12/h5-9H,3-4,10-11H2,1-2H3,(H,15,17). The molecule has 0 saturated carbocycles. The first-order valence-corrected chi connectivity index (χ1v) is 6.38. The van der Waals surface area contributed by atoms with Crippen LogP contribution in [0.15, 0.2) is 30.3 Å². The molecule has 0 aliphatic carbocycles. The van der Waals surface area contributed by atoms with Crippen LogP contribution in [0, 0.1) is 0 Å². The summed E-state index contributed by atoms with van der Waals surface area (Å²) in [5.41, 5.74) is 0.750. The number of benzene rings is 1. The van der Waals surface area contributed by atoms with Gasteiger partial charge in [-0.2, -0.15) is 0 Å². The van der Waals surface area contributed by atoms with Crippen LogP contribution in [-0.4, -0.2) is 43.0 Å². The number of amides is 1. The van der Waals surface area contributed by atoms with Crippen LogP contribution in [0.2, 0.25) is 0 Å². The van der Waals surface area contributed by atoms with E-state index in [1.54, 1.807) is 11.8 Å².